The Morgan fingerprint density at radius 2 is 2.15 bits per heavy atom. The van der Waals surface area contributed by atoms with Crippen molar-refractivity contribution < 1.29 is 9.53 Å². The Balaban J connectivity index is 2.32. The zero-order valence-electron chi connectivity index (χ0n) is 10.9. The van der Waals surface area contributed by atoms with Gasteiger partial charge in [-0.25, -0.2) is 4.98 Å². The molecule has 0 aliphatic rings. The van der Waals surface area contributed by atoms with Crippen molar-refractivity contribution in [3.63, 3.8) is 0 Å². The van der Waals surface area contributed by atoms with Crippen molar-refractivity contribution in [2.45, 2.75) is 6.92 Å². The summed E-state index contributed by atoms with van der Waals surface area (Å²) in [5.41, 5.74) is 1.97. The first-order chi connectivity index (χ1) is 9.51. The summed E-state index contributed by atoms with van der Waals surface area (Å²) in [4.78, 5) is 16.1. The Labute approximate surface area is 130 Å². The minimum Gasteiger partial charge on any atom is -0.495 e. The topological polar surface area (TPSA) is 51.2 Å². The predicted octanol–water partition coefficient (Wildman–Crippen LogP) is 4.07. The first-order valence-electron chi connectivity index (χ1n) is 5.78. The SMILES string of the molecule is COc1cc(Br)cc(C)c1NC(=O)c1ccnc(Cl)c1. The van der Waals surface area contributed by atoms with Crippen LogP contribution in [0.25, 0.3) is 0 Å². The lowest BCUT2D eigenvalue weighted by Crippen LogP contribution is -2.13. The molecule has 0 aliphatic carbocycles. The van der Waals surface area contributed by atoms with Crippen molar-refractivity contribution in [3.05, 3.63) is 51.2 Å². The van der Waals surface area contributed by atoms with Gasteiger partial charge in [-0.1, -0.05) is 27.5 Å². The number of anilines is 1. The number of hydrogen-bond acceptors (Lipinski definition) is 3. The highest BCUT2D eigenvalue weighted by Crippen LogP contribution is 2.32. The number of aromatic nitrogens is 1. The molecule has 1 heterocycles. The molecule has 1 aromatic heterocycles. The highest BCUT2D eigenvalue weighted by molar-refractivity contribution is 9.10. The van der Waals surface area contributed by atoms with E-state index in [0.717, 1.165) is 10.0 Å². The molecule has 4 nitrogen and oxygen atoms in total. The smallest absolute Gasteiger partial charge is 0.255 e. The zero-order chi connectivity index (χ0) is 14.7. The van der Waals surface area contributed by atoms with Crippen LogP contribution in [-0.2, 0) is 0 Å². The van der Waals surface area contributed by atoms with Gasteiger partial charge in [0.2, 0.25) is 0 Å². The van der Waals surface area contributed by atoms with Gasteiger partial charge in [0.25, 0.3) is 5.91 Å². The number of halogens is 2. The highest BCUT2D eigenvalue weighted by Gasteiger charge is 2.13. The number of ether oxygens (including phenoxy) is 1. The van der Waals surface area contributed by atoms with Crippen molar-refractivity contribution in [1.29, 1.82) is 0 Å². The normalized spacial score (nSPS) is 10.2. The fraction of sp³-hybridized carbons (Fsp3) is 0.143. The van der Waals surface area contributed by atoms with Gasteiger partial charge in [0.05, 0.1) is 12.8 Å². The van der Waals surface area contributed by atoms with Crippen LogP contribution in [0.3, 0.4) is 0 Å². The summed E-state index contributed by atoms with van der Waals surface area (Å²) in [7, 11) is 1.56. The second kappa shape index (κ2) is 6.24. The molecule has 0 saturated carbocycles. The highest BCUT2D eigenvalue weighted by atomic mass is 79.9. The summed E-state index contributed by atoms with van der Waals surface area (Å²) in [6, 6.07) is 6.80. The molecule has 0 spiro atoms. The van der Waals surface area contributed by atoms with E-state index in [1.54, 1.807) is 19.2 Å². The van der Waals surface area contributed by atoms with Gasteiger partial charge in [0, 0.05) is 16.2 Å². The van der Waals surface area contributed by atoms with Gasteiger partial charge < -0.3 is 10.1 Å². The molecular weight excluding hydrogens is 344 g/mol. The summed E-state index contributed by atoms with van der Waals surface area (Å²) in [6.07, 6.45) is 1.49. The molecule has 1 N–H and O–H groups in total. The van der Waals surface area contributed by atoms with Crippen LogP contribution in [0.1, 0.15) is 15.9 Å². The van der Waals surface area contributed by atoms with E-state index in [4.69, 9.17) is 16.3 Å². The Kier molecular flexibility index (Phi) is 4.62. The van der Waals surface area contributed by atoms with E-state index in [-0.39, 0.29) is 11.1 Å². The van der Waals surface area contributed by atoms with Crippen LogP contribution in [0.4, 0.5) is 5.69 Å². The summed E-state index contributed by atoms with van der Waals surface area (Å²) in [5, 5.41) is 3.10. The van der Waals surface area contributed by atoms with E-state index in [9.17, 15) is 4.79 Å². The number of nitrogens with zero attached hydrogens (tertiary/aromatic N) is 1. The number of pyridine rings is 1. The van der Waals surface area contributed by atoms with Gasteiger partial charge in [0.1, 0.15) is 10.9 Å². The first-order valence-corrected chi connectivity index (χ1v) is 6.95. The maximum absolute atomic E-state index is 12.2. The third-order valence-electron chi connectivity index (χ3n) is 2.71. The summed E-state index contributed by atoms with van der Waals surface area (Å²) in [6.45, 7) is 1.89. The van der Waals surface area contributed by atoms with Crippen molar-refractivity contribution in [3.8, 4) is 5.75 Å². The summed E-state index contributed by atoms with van der Waals surface area (Å²) >= 11 is 9.17. The molecule has 0 unspecified atom stereocenters. The summed E-state index contributed by atoms with van der Waals surface area (Å²) < 4.78 is 6.17. The molecule has 0 saturated heterocycles. The summed E-state index contributed by atoms with van der Waals surface area (Å²) in [5.74, 6) is 0.323. The maximum atomic E-state index is 12.2. The number of benzene rings is 1. The molecule has 20 heavy (non-hydrogen) atoms. The average Bonchev–Trinajstić information content (AvgIpc) is 2.41. The predicted molar refractivity (Wildman–Crippen MR) is 82.6 cm³/mol. The third kappa shape index (κ3) is 3.29. The monoisotopic (exact) mass is 354 g/mol. The standard InChI is InChI=1S/C14H12BrClN2O2/c1-8-5-10(15)7-11(20-2)13(8)18-14(19)9-3-4-17-12(16)6-9/h3-7H,1-2H3,(H,18,19). The number of hydrogen-bond donors (Lipinski definition) is 1. The largest absolute Gasteiger partial charge is 0.495 e. The van der Waals surface area contributed by atoms with Gasteiger partial charge in [-0.3, -0.25) is 4.79 Å². The third-order valence-corrected chi connectivity index (χ3v) is 3.38. The number of carbonyl (C=O) groups is 1. The Bertz CT molecular complexity index is 662. The molecule has 2 rings (SSSR count). The van der Waals surface area contributed by atoms with E-state index < -0.39 is 0 Å². The van der Waals surface area contributed by atoms with Gasteiger partial charge in [-0.05, 0) is 36.8 Å². The van der Waals surface area contributed by atoms with Crippen molar-refractivity contribution in [2.24, 2.45) is 0 Å². The van der Waals surface area contributed by atoms with Crippen LogP contribution in [0.15, 0.2) is 34.9 Å². The molecule has 0 radical (unpaired) electrons. The first kappa shape index (κ1) is 14.8. The maximum Gasteiger partial charge on any atom is 0.255 e. The van der Waals surface area contributed by atoms with Crippen LogP contribution in [0.5, 0.6) is 5.75 Å². The molecular formula is C14H12BrClN2O2. The molecule has 104 valence electrons. The van der Waals surface area contributed by atoms with Crippen molar-refractivity contribution in [1.82, 2.24) is 4.98 Å². The fourth-order valence-electron chi connectivity index (χ4n) is 1.76. The van der Waals surface area contributed by atoms with Crippen molar-refractivity contribution >= 4 is 39.1 Å². The number of nitrogens with one attached hydrogen (secondary N) is 1. The second-order valence-electron chi connectivity index (χ2n) is 4.12. The molecule has 1 aromatic carbocycles. The van der Waals surface area contributed by atoms with E-state index >= 15 is 0 Å². The Morgan fingerprint density at radius 1 is 1.40 bits per heavy atom. The van der Waals surface area contributed by atoms with Crippen LogP contribution in [0, 0.1) is 6.92 Å². The molecule has 6 heteroatoms. The molecule has 2 aromatic rings. The molecule has 0 fully saturated rings. The second-order valence-corrected chi connectivity index (χ2v) is 5.42. The van der Waals surface area contributed by atoms with Crippen LogP contribution in [-0.4, -0.2) is 18.0 Å². The average molecular weight is 356 g/mol. The zero-order valence-corrected chi connectivity index (χ0v) is 13.2. The minimum atomic E-state index is -0.266. The minimum absolute atomic E-state index is 0.266. The number of methoxy groups -OCH3 is 1. The lowest BCUT2D eigenvalue weighted by Gasteiger charge is -2.13. The lowest BCUT2D eigenvalue weighted by atomic mass is 10.1. The molecule has 1 amide bonds. The van der Waals surface area contributed by atoms with Crippen molar-refractivity contribution in [2.75, 3.05) is 12.4 Å². The quantitative estimate of drug-likeness (QED) is 0.845. The number of aryl methyl sites for hydroxylation is 1. The van der Waals surface area contributed by atoms with Gasteiger partial charge >= 0.3 is 0 Å². The number of rotatable bonds is 3. The number of carbonyl (C=O) groups excluding carboxylic acids is 1. The van der Waals surface area contributed by atoms with Gasteiger partial charge in [0.15, 0.2) is 0 Å². The van der Waals surface area contributed by atoms with E-state index in [1.165, 1.54) is 12.3 Å². The molecule has 0 aliphatic heterocycles. The fourth-order valence-corrected chi connectivity index (χ4v) is 2.49. The van der Waals surface area contributed by atoms with E-state index in [0.29, 0.717) is 17.0 Å². The molecule has 0 atom stereocenters. The number of amides is 1. The van der Waals surface area contributed by atoms with Crippen LogP contribution in [0.2, 0.25) is 5.15 Å². The molecule has 0 bridgehead atoms. The van der Waals surface area contributed by atoms with Crippen LogP contribution < -0.4 is 10.1 Å². The van der Waals surface area contributed by atoms with Gasteiger partial charge in [-0.15, -0.1) is 0 Å². The lowest BCUT2D eigenvalue weighted by molar-refractivity contribution is 0.102. The Morgan fingerprint density at radius 3 is 2.80 bits per heavy atom. The van der Waals surface area contributed by atoms with Crippen LogP contribution >= 0.6 is 27.5 Å². The van der Waals surface area contributed by atoms with E-state index in [2.05, 4.69) is 26.2 Å². The Hall–Kier alpha value is -1.59. The van der Waals surface area contributed by atoms with Gasteiger partial charge in [-0.2, -0.15) is 0 Å². The van der Waals surface area contributed by atoms with E-state index in [1.807, 2.05) is 13.0 Å².